The summed E-state index contributed by atoms with van der Waals surface area (Å²) in [6, 6.07) is 11.6. The Morgan fingerprint density at radius 2 is 1.76 bits per heavy atom. The van der Waals surface area contributed by atoms with Crippen LogP contribution in [0.5, 0.6) is 0 Å². The van der Waals surface area contributed by atoms with Gasteiger partial charge in [0.1, 0.15) is 0 Å². The van der Waals surface area contributed by atoms with Crippen LogP contribution >= 0.6 is 11.3 Å². The van der Waals surface area contributed by atoms with E-state index in [0.29, 0.717) is 6.42 Å². The topological polar surface area (TPSA) is 38.0 Å². The van der Waals surface area contributed by atoms with Crippen LogP contribution in [0.15, 0.2) is 47.8 Å². The third-order valence-corrected chi connectivity index (χ3v) is 4.37. The van der Waals surface area contributed by atoms with E-state index in [1.54, 1.807) is 18.2 Å². The monoisotopic (exact) mass is 314 g/mol. The van der Waals surface area contributed by atoms with Gasteiger partial charge in [0.05, 0.1) is 0 Å². The first-order valence-electron chi connectivity index (χ1n) is 6.59. The highest BCUT2D eigenvalue weighted by Crippen LogP contribution is 2.38. The maximum absolute atomic E-state index is 13.6. The molecule has 0 saturated heterocycles. The van der Waals surface area contributed by atoms with Gasteiger partial charge in [-0.3, -0.25) is 5.32 Å². The van der Waals surface area contributed by atoms with Crippen molar-refractivity contribution in [3.8, 4) is 0 Å². The summed E-state index contributed by atoms with van der Waals surface area (Å²) >= 11 is 1.53. The Hall–Kier alpha value is -1.37. The summed E-state index contributed by atoms with van der Waals surface area (Å²) in [6.45, 7) is -0.322. The Morgan fingerprint density at radius 1 is 1.05 bits per heavy atom. The number of alkyl halides is 3. The molecule has 2 nitrogen and oxygen atoms in total. The molecule has 0 saturated carbocycles. The fraction of sp³-hybridized carbons (Fsp3) is 0.333. The van der Waals surface area contributed by atoms with Gasteiger partial charge in [-0.1, -0.05) is 36.4 Å². The smallest absolute Gasteiger partial charge is 0.328 e. The van der Waals surface area contributed by atoms with Gasteiger partial charge in [0.25, 0.3) is 0 Å². The first-order chi connectivity index (χ1) is 9.99. The number of hydrogen-bond donors (Lipinski definition) is 2. The summed E-state index contributed by atoms with van der Waals surface area (Å²) in [5, 5.41) is 4.54. The first kappa shape index (κ1) is 16.0. The Bertz CT molecular complexity index is 540. The molecule has 2 aromatic rings. The van der Waals surface area contributed by atoms with Gasteiger partial charge in [0.15, 0.2) is 5.54 Å². The van der Waals surface area contributed by atoms with Crippen LogP contribution in [0.25, 0.3) is 0 Å². The van der Waals surface area contributed by atoms with E-state index in [4.69, 9.17) is 5.73 Å². The molecule has 3 N–H and O–H groups in total. The van der Waals surface area contributed by atoms with Crippen LogP contribution in [-0.2, 0) is 12.0 Å². The lowest BCUT2D eigenvalue weighted by Gasteiger charge is -2.36. The Balaban J connectivity index is 2.20. The van der Waals surface area contributed by atoms with Gasteiger partial charge in [0, 0.05) is 18.0 Å². The predicted molar refractivity (Wildman–Crippen MR) is 79.3 cm³/mol. The Morgan fingerprint density at radius 3 is 2.29 bits per heavy atom. The number of hydrogen-bond acceptors (Lipinski definition) is 3. The molecule has 1 heterocycles. The number of nitrogens with two attached hydrogens (primary N) is 1. The minimum absolute atomic E-state index is 0.145. The maximum Gasteiger partial charge on any atom is 0.412 e. The highest BCUT2D eigenvalue weighted by Gasteiger charge is 2.54. The quantitative estimate of drug-likeness (QED) is 0.858. The van der Waals surface area contributed by atoms with Gasteiger partial charge in [-0.05, 0) is 23.4 Å². The van der Waals surface area contributed by atoms with Crippen LogP contribution in [0, 0.1) is 0 Å². The van der Waals surface area contributed by atoms with Crippen molar-refractivity contribution in [3.05, 3.63) is 58.3 Å². The highest BCUT2D eigenvalue weighted by molar-refractivity contribution is 7.09. The summed E-state index contributed by atoms with van der Waals surface area (Å²) in [5.41, 5.74) is 3.45. The molecule has 2 rings (SSSR count). The van der Waals surface area contributed by atoms with Crippen LogP contribution in [-0.4, -0.2) is 19.3 Å². The van der Waals surface area contributed by atoms with Crippen molar-refractivity contribution in [2.24, 2.45) is 5.73 Å². The molecule has 1 aromatic heterocycles. The summed E-state index contributed by atoms with van der Waals surface area (Å²) in [4.78, 5) is 1.05. The van der Waals surface area contributed by atoms with E-state index in [2.05, 4.69) is 5.32 Å². The van der Waals surface area contributed by atoms with E-state index in [9.17, 15) is 13.2 Å². The summed E-state index contributed by atoms with van der Waals surface area (Å²) in [6.07, 6.45) is -3.92. The minimum Gasteiger partial charge on any atom is -0.328 e. The molecule has 0 aliphatic heterocycles. The van der Waals surface area contributed by atoms with Crippen molar-refractivity contribution >= 4 is 11.3 Å². The second kappa shape index (κ2) is 6.60. The zero-order valence-corrected chi connectivity index (χ0v) is 12.2. The van der Waals surface area contributed by atoms with Crippen molar-refractivity contribution in [2.45, 2.75) is 18.1 Å². The molecule has 0 fully saturated rings. The molecule has 1 aromatic carbocycles. The third kappa shape index (κ3) is 3.45. The van der Waals surface area contributed by atoms with E-state index < -0.39 is 18.3 Å². The molecule has 0 unspecified atom stereocenters. The summed E-state index contributed by atoms with van der Waals surface area (Å²) < 4.78 is 40.8. The van der Waals surface area contributed by atoms with Crippen molar-refractivity contribution in [1.82, 2.24) is 5.32 Å². The SMILES string of the molecule is NC[C@](NCCc1cccs1)(c1ccccc1)C(F)(F)F. The lowest BCUT2D eigenvalue weighted by molar-refractivity contribution is -0.198. The van der Waals surface area contributed by atoms with Gasteiger partial charge in [-0.25, -0.2) is 0 Å². The van der Waals surface area contributed by atoms with Crippen molar-refractivity contribution in [1.29, 1.82) is 0 Å². The normalized spacial score (nSPS) is 14.9. The standard InChI is InChI=1S/C15H17F3N2S/c16-15(17,18)14(11-19,12-5-2-1-3-6-12)20-9-8-13-7-4-10-21-13/h1-7,10,20H,8-9,11,19H2/t14-/m0/s1. The average Bonchev–Trinajstić information content (AvgIpc) is 2.96. The van der Waals surface area contributed by atoms with Gasteiger partial charge >= 0.3 is 6.18 Å². The molecule has 0 radical (unpaired) electrons. The molecule has 1 atom stereocenters. The number of benzene rings is 1. The number of halogens is 3. The van der Waals surface area contributed by atoms with Gasteiger partial charge in [-0.2, -0.15) is 13.2 Å². The fourth-order valence-corrected chi connectivity index (χ4v) is 2.96. The van der Waals surface area contributed by atoms with E-state index in [-0.39, 0.29) is 12.1 Å². The van der Waals surface area contributed by atoms with Gasteiger partial charge in [-0.15, -0.1) is 11.3 Å². The molecule has 0 amide bonds. The third-order valence-electron chi connectivity index (χ3n) is 3.43. The van der Waals surface area contributed by atoms with Gasteiger partial charge in [0.2, 0.25) is 0 Å². The highest BCUT2D eigenvalue weighted by atomic mass is 32.1. The zero-order valence-electron chi connectivity index (χ0n) is 11.4. The molecule has 0 bridgehead atoms. The average molecular weight is 314 g/mol. The summed E-state index contributed by atoms with van der Waals surface area (Å²) in [5.74, 6) is 0. The largest absolute Gasteiger partial charge is 0.412 e. The van der Waals surface area contributed by atoms with Crippen LogP contribution in [0.1, 0.15) is 10.4 Å². The second-order valence-corrected chi connectivity index (χ2v) is 5.76. The summed E-state index contributed by atoms with van der Waals surface area (Å²) in [7, 11) is 0. The van der Waals surface area contributed by atoms with E-state index in [0.717, 1.165) is 4.88 Å². The van der Waals surface area contributed by atoms with Crippen molar-refractivity contribution < 1.29 is 13.2 Å². The Kier molecular flexibility index (Phi) is 5.03. The number of thiophene rings is 1. The molecular formula is C15H17F3N2S. The van der Waals surface area contributed by atoms with Crippen molar-refractivity contribution in [3.63, 3.8) is 0 Å². The van der Waals surface area contributed by atoms with Crippen molar-refractivity contribution in [2.75, 3.05) is 13.1 Å². The molecular weight excluding hydrogens is 297 g/mol. The van der Waals surface area contributed by atoms with E-state index >= 15 is 0 Å². The Labute approximate surface area is 125 Å². The van der Waals surface area contributed by atoms with Crippen LogP contribution < -0.4 is 11.1 Å². The molecule has 0 spiro atoms. The maximum atomic E-state index is 13.6. The van der Waals surface area contributed by atoms with E-state index in [1.807, 2.05) is 17.5 Å². The first-order valence-corrected chi connectivity index (χ1v) is 7.47. The van der Waals surface area contributed by atoms with Crippen LogP contribution in [0.4, 0.5) is 13.2 Å². The van der Waals surface area contributed by atoms with E-state index in [1.165, 1.54) is 23.5 Å². The molecule has 0 aliphatic rings. The zero-order chi connectivity index (χ0) is 15.3. The lowest BCUT2D eigenvalue weighted by Crippen LogP contribution is -2.59. The van der Waals surface area contributed by atoms with Gasteiger partial charge < -0.3 is 5.73 Å². The second-order valence-electron chi connectivity index (χ2n) is 4.73. The minimum atomic E-state index is -4.46. The fourth-order valence-electron chi connectivity index (χ4n) is 2.25. The predicted octanol–water partition coefficient (Wildman–Crippen LogP) is 3.30. The number of nitrogens with one attached hydrogen (secondary N) is 1. The molecule has 0 aliphatic carbocycles. The van der Waals surface area contributed by atoms with Crippen LogP contribution in [0.3, 0.4) is 0 Å². The lowest BCUT2D eigenvalue weighted by atomic mass is 9.89. The van der Waals surface area contributed by atoms with Crippen LogP contribution in [0.2, 0.25) is 0 Å². The number of rotatable bonds is 6. The molecule has 21 heavy (non-hydrogen) atoms. The molecule has 6 heteroatoms. The molecule has 114 valence electrons.